The molecule has 0 fully saturated rings. The smallest absolute Gasteiger partial charge is 0.250 e. The lowest BCUT2D eigenvalue weighted by molar-refractivity contribution is -0.115. The minimum Gasteiger partial charge on any atom is -0.366 e. The second-order valence-electron chi connectivity index (χ2n) is 9.02. The van der Waals surface area contributed by atoms with Crippen LogP contribution in [0.1, 0.15) is 61.3 Å². The normalized spacial score (nSPS) is 16.7. The fourth-order valence-electron chi connectivity index (χ4n) is 3.82. The van der Waals surface area contributed by atoms with E-state index in [0.29, 0.717) is 22.2 Å². The van der Waals surface area contributed by atoms with Crippen LogP contribution in [0.2, 0.25) is 0 Å². The van der Waals surface area contributed by atoms with Gasteiger partial charge >= 0.3 is 0 Å². The SMILES string of the molecule is CC(Sc1nc2c(cc1C#N)CC(C(C)(C)C)CC2)C(=O)Nc1ccccc1C(N)=O. The summed E-state index contributed by atoms with van der Waals surface area (Å²) in [7, 11) is 0. The number of nitrogens with two attached hydrogens (primary N) is 1. The van der Waals surface area contributed by atoms with Crippen LogP contribution in [0.15, 0.2) is 35.4 Å². The Hall–Kier alpha value is -2.85. The number of para-hydroxylation sites is 1. The predicted octanol–water partition coefficient (Wildman–Crippen LogP) is 4.32. The number of hydrogen-bond donors (Lipinski definition) is 2. The first kappa shape index (κ1) is 22.8. The van der Waals surface area contributed by atoms with E-state index in [4.69, 9.17) is 10.7 Å². The Morgan fingerprint density at radius 2 is 2.03 bits per heavy atom. The molecule has 1 heterocycles. The Morgan fingerprint density at radius 3 is 2.68 bits per heavy atom. The number of pyridine rings is 1. The highest BCUT2D eigenvalue weighted by Gasteiger charge is 2.30. The molecule has 2 aromatic rings. The average Bonchev–Trinajstić information content (AvgIpc) is 2.72. The van der Waals surface area contributed by atoms with Crippen molar-refractivity contribution in [3.8, 4) is 6.07 Å². The van der Waals surface area contributed by atoms with Gasteiger partial charge in [-0.15, -0.1) is 0 Å². The van der Waals surface area contributed by atoms with Gasteiger partial charge in [-0.1, -0.05) is 44.7 Å². The topological polar surface area (TPSA) is 109 Å². The van der Waals surface area contributed by atoms with Crippen molar-refractivity contribution < 1.29 is 9.59 Å². The molecule has 1 aromatic heterocycles. The first-order chi connectivity index (χ1) is 14.6. The van der Waals surface area contributed by atoms with Crippen molar-refractivity contribution in [1.29, 1.82) is 5.26 Å². The summed E-state index contributed by atoms with van der Waals surface area (Å²) in [5, 5.41) is 12.5. The summed E-state index contributed by atoms with van der Waals surface area (Å²) in [5.74, 6) is -0.329. The molecule has 2 amide bonds. The van der Waals surface area contributed by atoms with E-state index in [-0.39, 0.29) is 16.9 Å². The molecule has 1 aliphatic rings. The molecule has 2 unspecified atom stereocenters. The van der Waals surface area contributed by atoms with E-state index in [1.54, 1.807) is 31.2 Å². The highest BCUT2D eigenvalue weighted by atomic mass is 32.2. The maximum Gasteiger partial charge on any atom is 0.250 e. The highest BCUT2D eigenvalue weighted by molar-refractivity contribution is 8.00. The molecule has 0 aliphatic heterocycles. The van der Waals surface area contributed by atoms with Gasteiger partial charge in [-0.05, 0) is 61.3 Å². The van der Waals surface area contributed by atoms with Crippen LogP contribution in [0.3, 0.4) is 0 Å². The quantitative estimate of drug-likeness (QED) is 0.678. The summed E-state index contributed by atoms with van der Waals surface area (Å²) >= 11 is 1.25. The Kier molecular flexibility index (Phi) is 6.71. The number of primary amides is 1. The largest absolute Gasteiger partial charge is 0.366 e. The number of rotatable bonds is 5. The molecular formula is C24H28N4O2S. The van der Waals surface area contributed by atoms with Crippen LogP contribution in [-0.2, 0) is 17.6 Å². The van der Waals surface area contributed by atoms with Crippen molar-refractivity contribution in [3.63, 3.8) is 0 Å². The summed E-state index contributed by atoms with van der Waals surface area (Å²) in [5.41, 5.74) is 8.89. The summed E-state index contributed by atoms with van der Waals surface area (Å²) in [6, 6.07) is 10.8. The van der Waals surface area contributed by atoms with Gasteiger partial charge in [0.15, 0.2) is 0 Å². The third-order valence-electron chi connectivity index (χ3n) is 5.81. The lowest BCUT2D eigenvalue weighted by Crippen LogP contribution is -2.28. The summed E-state index contributed by atoms with van der Waals surface area (Å²) in [4.78, 5) is 29.1. The van der Waals surface area contributed by atoms with Gasteiger partial charge in [0.05, 0.1) is 22.1 Å². The zero-order chi connectivity index (χ0) is 22.8. The zero-order valence-electron chi connectivity index (χ0n) is 18.4. The summed E-state index contributed by atoms with van der Waals surface area (Å²) in [6.45, 7) is 8.51. The Morgan fingerprint density at radius 1 is 1.32 bits per heavy atom. The van der Waals surface area contributed by atoms with Gasteiger partial charge in [0.2, 0.25) is 5.91 Å². The molecule has 0 saturated heterocycles. The van der Waals surface area contributed by atoms with Gasteiger partial charge in [-0.3, -0.25) is 9.59 Å². The number of carbonyl (C=O) groups excluding carboxylic acids is 2. The maximum absolute atomic E-state index is 12.7. The monoisotopic (exact) mass is 436 g/mol. The standard InChI is InChI=1S/C24H28N4O2S/c1-14(22(30)27-20-8-6-5-7-18(20)21(26)29)31-23-16(13-25)11-15-12-17(24(2,3)4)9-10-19(15)28-23/h5-8,11,14,17H,9-10,12H2,1-4H3,(H2,26,29)(H,27,30). The van der Waals surface area contributed by atoms with E-state index in [1.807, 2.05) is 6.07 Å². The Balaban J connectivity index is 1.78. The lowest BCUT2D eigenvalue weighted by atomic mass is 9.71. The van der Waals surface area contributed by atoms with E-state index in [0.717, 1.165) is 30.5 Å². The van der Waals surface area contributed by atoms with Crippen LogP contribution in [0.4, 0.5) is 5.69 Å². The van der Waals surface area contributed by atoms with Crippen molar-refractivity contribution >= 4 is 29.3 Å². The molecule has 1 aromatic carbocycles. The number of amides is 2. The number of fused-ring (bicyclic) bond motifs is 1. The molecule has 7 heteroatoms. The first-order valence-corrected chi connectivity index (χ1v) is 11.3. The van der Waals surface area contributed by atoms with Gasteiger partial charge < -0.3 is 11.1 Å². The van der Waals surface area contributed by atoms with E-state index in [9.17, 15) is 14.9 Å². The van der Waals surface area contributed by atoms with Crippen molar-refractivity contribution in [2.45, 2.75) is 57.2 Å². The molecule has 1 aliphatic carbocycles. The molecule has 0 saturated carbocycles. The van der Waals surface area contributed by atoms with Crippen LogP contribution >= 0.6 is 11.8 Å². The fraction of sp³-hybridized carbons (Fsp3) is 0.417. The molecule has 2 atom stereocenters. The highest BCUT2D eigenvalue weighted by Crippen LogP contribution is 2.38. The van der Waals surface area contributed by atoms with Crippen LogP contribution < -0.4 is 11.1 Å². The minimum absolute atomic E-state index is 0.214. The van der Waals surface area contributed by atoms with Gasteiger partial charge in [0.1, 0.15) is 11.1 Å². The number of anilines is 1. The zero-order valence-corrected chi connectivity index (χ0v) is 19.2. The minimum atomic E-state index is -0.604. The number of nitriles is 1. The van der Waals surface area contributed by atoms with Crippen LogP contribution in [-0.4, -0.2) is 22.0 Å². The van der Waals surface area contributed by atoms with Crippen molar-refractivity contribution in [2.24, 2.45) is 17.1 Å². The Labute approximate surface area is 187 Å². The number of thioether (sulfide) groups is 1. The van der Waals surface area contributed by atoms with Gasteiger partial charge in [0, 0.05) is 5.69 Å². The molecule has 0 spiro atoms. The number of carbonyl (C=O) groups is 2. The van der Waals surface area contributed by atoms with Crippen LogP contribution in [0.5, 0.6) is 0 Å². The third-order valence-corrected chi connectivity index (χ3v) is 6.91. The van der Waals surface area contributed by atoms with Crippen molar-refractivity contribution in [1.82, 2.24) is 4.98 Å². The Bertz CT molecular complexity index is 1050. The van der Waals surface area contributed by atoms with Gasteiger partial charge in [-0.2, -0.15) is 5.26 Å². The van der Waals surface area contributed by atoms with Crippen molar-refractivity contribution in [3.05, 3.63) is 52.7 Å². The second kappa shape index (κ2) is 9.11. The number of aromatic nitrogens is 1. The number of nitrogens with one attached hydrogen (secondary N) is 1. The second-order valence-corrected chi connectivity index (χ2v) is 10.4. The number of aryl methyl sites for hydroxylation is 1. The molecule has 3 N–H and O–H groups in total. The van der Waals surface area contributed by atoms with Gasteiger partial charge in [0.25, 0.3) is 5.91 Å². The van der Waals surface area contributed by atoms with Gasteiger partial charge in [-0.25, -0.2) is 4.98 Å². The molecular weight excluding hydrogens is 408 g/mol. The van der Waals surface area contributed by atoms with E-state index in [2.05, 4.69) is 32.2 Å². The fourth-order valence-corrected chi connectivity index (χ4v) is 4.71. The maximum atomic E-state index is 12.7. The third kappa shape index (κ3) is 5.26. The lowest BCUT2D eigenvalue weighted by Gasteiger charge is -2.34. The predicted molar refractivity (Wildman–Crippen MR) is 123 cm³/mol. The van der Waals surface area contributed by atoms with Crippen LogP contribution in [0, 0.1) is 22.7 Å². The molecule has 162 valence electrons. The van der Waals surface area contributed by atoms with Crippen molar-refractivity contribution in [2.75, 3.05) is 5.32 Å². The molecule has 6 nitrogen and oxygen atoms in total. The summed E-state index contributed by atoms with van der Waals surface area (Å²) in [6.07, 6.45) is 2.87. The summed E-state index contributed by atoms with van der Waals surface area (Å²) < 4.78 is 0. The van der Waals surface area contributed by atoms with E-state index < -0.39 is 11.2 Å². The number of nitrogens with zero attached hydrogens (tertiary/aromatic N) is 2. The van der Waals surface area contributed by atoms with E-state index in [1.165, 1.54) is 11.8 Å². The van der Waals surface area contributed by atoms with E-state index >= 15 is 0 Å². The molecule has 0 bridgehead atoms. The number of hydrogen-bond acceptors (Lipinski definition) is 5. The first-order valence-electron chi connectivity index (χ1n) is 10.4. The average molecular weight is 437 g/mol. The van der Waals surface area contributed by atoms with Crippen LogP contribution in [0.25, 0.3) is 0 Å². The molecule has 3 rings (SSSR count). The number of benzene rings is 1. The molecule has 31 heavy (non-hydrogen) atoms. The molecule has 0 radical (unpaired) electrons.